The van der Waals surface area contributed by atoms with E-state index in [2.05, 4.69) is 10.3 Å². The minimum Gasteiger partial charge on any atom is -0.365 e. The molecule has 1 fully saturated rings. The van der Waals surface area contributed by atoms with Crippen LogP contribution in [-0.4, -0.2) is 28.4 Å². The number of carbonyl (C=O) groups is 1. The highest BCUT2D eigenvalue weighted by Crippen LogP contribution is 2.22. The maximum Gasteiger partial charge on any atom is 0.225 e. The van der Waals surface area contributed by atoms with Gasteiger partial charge in [0, 0.05) is 24.5 Å². The van der Waals surface area contributed by atoms with Gasteiger partial charge in [-0.15, -0.1) is 0 Å². The molecule has 1 aliphatic rings. The fraction of sp³-hybridized carbons (Fsp3) is 0.235. The second kappa shape index (κ2) is 6.67. The molecule has 0 bridgehead atoms. The molecule has 0 saturated carbocycles. The van der Waals surface area contributed by atoms with Crippen molar-refractivity contribution in [3.8, 4) is 6.07 Å². The molecular formula is C17H15ClN4O. The van der Waals surface area contributed by atoms with Crippen molar-refractivity contribution in [2.75, 3.05) is 11.9 Å². The molecule has 1 amide bonds. The van der Waals surface area contributed by atoms with Gasteiger partial charge in [-0.1, -0.05) is 35.9 Å². The zero-order valence-corrected chi connectivity index (χ0v) is 13.1. The number of hydrogen-bond acceptors (Lipinski definition) is 4. The summed E-state index contributed by atoms with van der Waals surface area (Å²) in [7, 11) is 0. The van der Waals surface area contributed by atoms with E-state index in [0.717, 1.165) is 5.56 Å². The number of benzene rings is 1. The minimum absolute atomic E-state index is 0.0218. The second-order valence-corrected chi connectivity index (χ2v) is 5.84. The summed E-state index contributed by atoms with van der Waals surface area (Å²) >= 11 is 6.16. The van der Waals surface area contributed by atoms with Gasteiger partial charge in [-0.25, -0.2) is 4.98 Å². The number of halogens is 1. The van der Waals surface area contributed by atoms with Gasteiger partial charge in [0.25, 0.3) is 0 Å². The number of carbonyl (C=O) groups excluding carboxylic acids is 1. The summed E-state index contributed by atoms with van der Waals surface area (Å²) in [5.74, 6) is 0.695. The van der Waals surface area contributed by atoms with Gasteiger partial charge in [-0.05, 0) is 23.8 Å². The SMILES string of the molecule is N#Cc1cccc(N[C@H]2CC(=O)N(Cc3ccccc3Cl)C2)n1. The Hall–Kier alpha value is -2.58. The quantitative estimate of drug-likeness (QED) is 0.938. The zero-order valence-electron chi connectivity index (χ0n) is 12.4. The summed E-state index contributed by atoms with van der Waals surface area (Å²) < 4.78 is 0. The van der Waals surface area contributed by atoms with Crippen molar-refractivity contribution in [2.45, 2.75) is 19.0 Å². The van der Waals surface area contributed by atoms with Gasteiger partial charge in [0.2, 0.25) is 5.91 Å². The van der Waals surface area contributed by atoms with Crippen molar-refractivity contribution >= 4 is 23.3 Å². The van der Waals surface area contributed by atoms with Gasteiger partial charge >= 0.3 is 0 Å². The van der Waals surface area contributed by atoms with E-state index in [1.54, 1.807) is 23.1 Å². The Labute approximate surface area is 139 Å². The largest absolute Gasteiger partial charge is 0.365 e. The average molecular weight is 327 g/mol. The lowest BCUT2D eigenvalue weighted by Gasteiger charge is -2.18. The number of nitrogens with one attached hydrogen (secondary N) is 1. The van der Waals surface area contributed by atoms with E-state index in [1.807, 2.05) is 30.3 Å². The van der Waals surface area contributed by atoms with Crippen LogP contribution < -0.4 is 5.32 Å². The molecule has 6 heteroatoms. The molecule has 0 unspecified atom stereocenters. The summed E-state index contributed by atoms with van der Waals surface area (Å²) in [5.41, 5.74) is 1.29. The highest BCUT2D eigenvalue weighted by atomic mass is 35.5. The smallest absolute Gasteiger partial charge is 0.225 e. The molecule has 23 heavy (non-hydrogen) atoms. The van der Waals surface area contributed by atoms with Crippen molar-refractivity contribution in [2.24, 2.45) is 0 Å². The van der Waals surface area contributed by atoms with E-state index in [9.17, 15) is 4.79 Å². The summed E-state index contributed by atoms with van der Waals surface area (Å²) in [5, 5.41) is 12.8. The second-order valence-electron chi connectivity index (χ2n) is 5.43. The summed E-state index contributed by atoms with van der Waals surface area (Å²) in [6.07, 6.45) is 0.406. The monoisotopic (exact) mass is 326 g/mol. The third-order valence-corrected chi connectivity index (χ3v) is 4.12. The fourth-order valence-corrected chi connectivity index (χ4v) is 2.84. The van der Waals surface area contributed by atoms with E-state index >= 15 is 0 Å². The van der Waals surface area contributed by atoms with Crippen LogP contribution in [0.15, 0.2) is 42.5 Å². The first-order valence-electron chi connectivity index (χ1n) is 7.30. The van der Waals surface area contributed by atoms with Crippen molar-refractivity contribution in [1.82, 2.24) is 9.88 Å². The molecule has 1 aliphatic heterocycles. The highest BCUT2D eigenvalue weighted by molar-refractivity contribution is 6.31. The van der Waals surface area contributed by atoms with E-state index in [1.165, 1.54) is 0 Å². The van der Waals surface area contributed by atoms with Gasteiger partial charge in [0.1, 0.15) is 17.6 Å². The van der Waals surface area contributed by atoms with Crippen LogP contribution in [0.25, 0.3) is 0 Å². The number of hydrogen-bond donors (Lipinski definition) is 1. The van der Waals surface area contributed by atoms with Crippen LogP contribution >= 0.6 is 11.6 Å². The van der Waals surface area contributed by atoms with Crippen molar-refractivity contribution < 1.29 is 4.79 Å². The number of likely N-dealkylation sites (tertiary alicyclic amines) is 1. The third kappa shape index (κ3) is 3.61. The number of nitriles is 1. The number of aromatic nitrogens is 1. The van der Waals surface area contributed by atoms with Crippen LogP contribution in [-0.2, 0) is 11.3 Å². The first-order valence-corrected chi connectivity index (χ1v) is 7.68. The van der Waals surface area contributed by atoms with Crippen LogP contribution in [0.3, 0.4) is 0 Å². The maximum atomic E-state index is 12.2. The third-order valence-electron chi connectivity index (χ3n) is 3.75. The number of anilines is 1. The topological polar surface area (TPSA) is 69.0 Å². The van der Waals surface area contributed by atoms with Crippen LogP contribution in [0, 0.1) is 11.3 Å². The molecular weight excluding hydrogens is 312 g/mol. The molecule has 0 spiro atoms. The number of nitrogens with zero attached hydrogens (tertiary/aromatic N) is 3. The Bertz CT molecular complexity index is 771. The maximum absolute atomic E-state index is 12.2. The minimum atomic E-state index is -0.0218. The Morgan fingerprint density at radius 3 is 2.91 bits per heavy atom. The molecule has 2 heterocycles. The molecule has 3 rings (SSSR count). The zero-order chi connectivity index (χ0) is 16.2. The fourth-order valence-electron chi connectivity index (χ4n) is 2.64. The predicted molar refractivity (Wildman–Crippen MR) is 87.8 cm³/mol. The van der Waals surface area contributed by atoms with Crippen molar-refractivity contribution in [3.63, 3.8) is 0 Å². The normalized spacial score (nSPS) is 17.1. The Morgan fingerprint density at radius 1 is 1.30 bits per heavy atom. The average Bonchev–Trinajstić information content (AvgIpc) is 2.89. The first-order chi connectivity index (χ1) is 11.2. The summed E-state index contributed by atoms with van der Waals surface area (Å²) in [6, 6.07) is 14.7. The first kappa shape index (κ1) is 15.3. The Kier molecular flexibility index (Phi) is 4.45. The lowest BCUT2D eigenvalue weighted by atomic mass is 10.2. The standard InChI is InChI=1S/C17H15ClN4O/c18-15-6-2-1-4-12(15)10-22-11-14(8-17(22)23)21-16-7-3-5-13(9-19)20-16/h1-7,14H,8,10-11H2,(H,20,21)/t14-/m0/s1. The Balaban J connectivity index is 1.65. The predicted octanol–water partition coefficient (Wildman–Crippen LogP) is 2.82. The molecule has 5 nitrogen and oxygen atoms in total. The number of amides is 1. The van der Waals surface area contributed by atoms with Crippen molar-refractivity contribution in [1.29, 1.82) is 5.26 Å². The van der Waals surface area contributed by atoms with E-state index in [0.29, 0.717) is 36.0 Å². The lowest BCUT2D eigenvalue weighted by Crippen LogP contribution is -2.27. The van der Waals surface area contributed by atoms with E-state index in [4.69, 9.17) is 16.9 Å². The van der Waals surface area contributed by atoms with Gasteiger partial charge in [0.15, 0.2) is 0 Å². The highest BCUT2D eigenvalue weighted by Gasteiger charge is 2.30. The van der Waals surface area contributed by atoms with Gasteiger partial charge < -0.3 is 10.2 Å². The van der Waals surface area contributed by atoms with Crippen LogP contribution in [0.5, 0.6) is 0 Å². The number of rotatable bonds is 4. The van der Waals surface area contributed by atoms with Crippen LogP contribution in [0.1, 0.15) is 17.7 Å². The molecule has 1 aromatic heterocycles. The van der Waals surface area contributed by atoms with Crippen molar-refractivity contribution in [3.05, 3.63) is 58.7 Å². The van der Waals surface area contributed by atoms with Gasteiger partial charge in [0.05, 0.1) is 6.04 Å². The molecule has 1 N–H and O–H groups in total. The lowest BCUT2D eigenvalue weighted by molar-refractivity contribution is -0.128. The van der Waals surface area contributed by atoms with Crippen LogP contribution in [0.2, 0.25) is 5.02 Å². The summed E-state index contributed by atoms with van der Waals surface area (Å²) in [6.45, 7) is 1.09. The Morgan fingerprint density at radius 2 is 2.13 bits per heavy atom. The van der Waals surface area contributed by atoms with Crippen LogP contribution in [0.4, 0.5) is 5.82 Å². The molecule has 1 aromatic carbocycles. The van der Waals surface area contributed by atoms with Gasteiger partial charge in [-0.3, -0.25) is 4.79 Å². The molecule has 2 aromatic rings. The molecule has 0 aliphatic carbocycles. The van der Waals surface area contributed by atoms with Gasteiger partial charge in [-0.2, -0.15) is 5.26 Å². The van der Waals surface area contributed by atoms with E-state index < -0.39 is 0 Å². The molecule has 0 radical (unpaired) electrons. The van der Waals surface area contributed by atoms with E-state index in [-0.39, 0.29) is 11.9 Å². The molecule has 1 atom stereocenters. The summed E-state index contributed by atoms with van der Waals surface area (Å²) in [4.78, 5) is 18.1. The number of pyridine rings is 1. The molecule has 1 saturated heterocycles. The molecule has 116 valence electrons.